The fraction of sp³-hybridized carbons (Fsp3) is 0.211. The normalized spacial score (nSPS) is 13.4. The summed E-state index contributed by atoms with van der Waals surface area (Å²) < 4.78 is 41.3. The van der Waals surface area contributed by atoms with Gasteiger partial charge in [0, 0.05) is 6.07 Å². The van der Waals surface area contributed by atoms with Crippen LogP contribution in [0.2, 0.25) is 0 Å². The summed E-state index contributed by atoms with van der Waals surface area (Å²) in [5, 5.41) is 4.41. The molecule has 0 saturated carbocycles. The lowest BCUT2D eigenvalue weighted by molar-refractivity contribution is 0.171. The van der Waals surface area contributed by atoms with Gasteiger partial charge in [0.15, 0.2) is 11.5 Å². The standard InChI is InChI=1S/C19H19N3O4S/c1-13-19(14(2)22(20-13)16-6-4-3-5-7-16)27(23,24)21-15-8-9-17-18(12-15)26-11-10-25-17/h3-9,12,21H,10-11H2,1-2H3. The van der Waals surface area contributed by atoms with Gasteiger partial charge >= 0.3 is 0 Å². The first-order valence-corrected chi connectivity index (χ1v) is 9.98. The summed E-state index contributed by atoms with van der Waals surface area (Å²) in [7, 11) is -3.82. The number of fused-ring (bicyclic) bond motifs is 1. The average Bonchev–Trinajstić information content (AvgIpc) is 2.97. The molecule has 7 nitrogen and oxygen atoms in total. The van der Waals surface area contributed by atoms with Crippen molar-refractivity contribution in [2.24, 2.45) is 0 Å². The van der Waals surface area contributed by atoms with E-state index in [4.69, 9.17) is 9.47 Å². The summed E-state index contributed by atoms with van der Waals surface area (Å²) in [4.78, 5) is 0.168. The van der Waals surface area contributed by atoms with Crippen molar-refractivity contribution < 1.29 is 17.9 Å². The van der Waals surface area contributed by atoms with Crippen LogP contribution in [0.25, 0.3) is 5.69 Å². The highest BCUT2D eigenvalue weighted by Crippen LogP contribution is 2.34. The Balaban J connectivity index is 1.70. The SMILES string of the molecule is Cc1nn(-c2ccccc2)c(C)c1S(=O)(=O)Nc1ccc2c(c1)OCCO2. The Morgan fingerprint density at radius 2 is 1.70 bits per heavy atom. The van der Waals surface area contributed by atoms with Crippen LogP contribution in [0.4, 0.5) is 5.69 Å². The maximum Gasteiger partial charge on any atom is 0.265 e. The van der Waals surface area contributed by atoms with Crippen LogP contribution < -0.4 is 14.2 Å². The van der Waals surface area contributed by atoms with Crippen LogP contribution in [0.1, 0.15) is 11.4 Å². The van der Waals surface area contributed by atoms with Gasteiger partial charge in [0.2, 0.25) is 0 Å². The largest absolute Gasteiger partial charge is 0.486 e. The molecule has 1 aliphatic heterocycles. The number of anilines is 1. The minimum absolute atomic E-state index is 0.168. The zero-order valence-corrected chi connectivity index (χ0v) is 15.8. The summed E-state index contributed by atoms with van der Waals surface area (Å²) in [5.74, 6) is 1.13. The van der Waals surface area contributed by atoms with E-state index in [2.05, 4.69) is 9.82 Å². The number of nitrogens with one attached hydrogen (secondary N) is 1. The fourth-order valence-corrected chi connectivity index (χ4v) is 4.60. The van der Waals surface area contributed by atoms with Gasteiger partial charge in [-0.15, -0.1) is 0 Å². The van der Waals surface area contributed by atoms with Crippen LogP contribution in [0.15, 0.2) is 53.4 Å². The van der Waals surface area contributed by atoms with Gasteiger partial charge in [0.05, 0.1) is 22.8 Å². The molecule has 1 aromatic heterocycles. The van der Waals surface area contributed by atoms with Crippen molar-refractivity contribution in [1.29, 1.82) is 0 Å². The molecular formula is C19H19N3O4S. The van der Waals surface area contributed by atoms with E-state index in [1.807, 2.05) is 30.3 Å². The van der Waals surface area contributed by atoms with E-state index in [0.29, 0.717) is 41.8 Å². The van der Waals surface area contributed by atoms with Crippen LogP contribution in [-0.2, 0) is 10.0 Å². The third-order valence-electron chi connectivity index (χ3n) is 4.29. The first-order valence-electron chi connectivity index (χ1n) is 8.50. The first kappa shape index (κ1) is 17.4. The van der Waals surface area contributed by atoms with Gasteiger partial charge in [-0.25, -0.2) is 13.1 Å². The van der Waals surface area contributed by atoms with E-state index in [9.17, 15) is 8.42 Å². The Hall–Kier alpha value is -3.00. The molecule has 0 radical (unpaired) electrons. The van der Waals surface area contributed by atoms with Gasteiger partial charge in [-0.2, -0.15) is 5.10 Å². The molecule has 140 valence electrons. The molecule has 2 heterocycles. The number of nitrogens with zero attached hydrogens (tertiary/aromatic N) is 2. The van der Waals surface area contributed by atoms with Gasteiger partial charge in [0.1, 0.15) is 18.1 Å². The highest BCUT2D eigenvalue weighted by molar-refractivity contribution is 7.92. The molecule has 0 fully saturated rings. The molecule has 2 aromatic carbocycles. The van der Waals surface area contributed by atoms with Gasteiger partial charge in [-0.1, -0.05) is 18.2 Å². The predicted octanol–water partition coefficient (Wildman–Crippen LogP) is 3.06. The average molecular weight is 385 g/mol. The van der Waals surface area contributed by atoms with E-state index >= 15 is 0 Å². The molecule has 1 aliphatic rings. The van der Waals surface area contributed by atoms with Gasteiger partial charge in [-0.05, 0) is 38.1 Å². The molecule has 0 unspecified atom stereocenters. The predicted molar refractivity (Wildman–Crippen MR) is 101 cm³/mol. The third-order valence-corrected chi connectivity index (χ3v) is 5.92. The number of sulfonamides is 1. The van der Waals surface area contributed by atoms with Crippen molar-refractivity contribution in [3.8, 4) is 17.2 Å². The summed E-state index contributed by atoms with van der Waals surface area (Å²) in [5.41, 5.74) is 2.19. The van der Waals surface area contributed by atoms with Crippen LogP contribution in [0.3, 0.4) is 0 Å². The lowest BCUT2D eigenvalue weighted by atomic mass is 10.3. The van der Waals surface area contributed by atoms with Gasteiger partial charge < -0.3 is 9.47 Å². The smallest absolute Gasteiger partial charge is 0.265 e. The lowest BCUT2D eigenvalue weighted by Crippen LogP contribution is -2.17. The number of rotatable bonds is 4. The lowest BCUT2D eigenvalue weighted by Gasteiger charge is -2.19. The summed E-state index contributed by atoms with van der Waals surface area (Å²) in [6, 6.07) is 14.4. The maximum absolute atomic E-state index is 13.0. The minimum atomic E-state index is -3.82. The number of para-hydroxylation sites is 1. The van der Waals surface area contributed by atoms with Crippen LogP contribution in [0.5, 0.6) is 11.5 Å². The molecule has 1 N–H and O–H groups in total. The number of hydrogen-bond acceptors (Lipinski definition) is 5. The van der Waals surface area contributed by atoms with Crippen molar-refractivity contribution in [2.75, 3.05) is 17.9 Å². The van der Waals surface area contributed by atoms with Crippen molar-refractivity contribution in [1.82, 2.24) is 9.78 Å². The topological polar surface area (TPSA) is 82.5 Å². The van der Waals surface area contributed by atoms with E-state index in [1.165, 1.54) is 0 Å². The quantitative estimate of drug-likeness (QED) is 0.746. The summed E-state index contributed by atoms with van der Waals surface area (Å²) in [6.45, 7) is 4.34. The Bertz CT molecular complexity index is 1090. The number of aryl methyl sites for hydroxylation is 1. The van der Waals surface area contributed by atoms with Gasteiger partial charge in [0.25, 0.3) is 10.0 Å². The molecule has 0 atom stereocenters. The molecule has 3 aromatic rings. The molecule has 27 heavy (non-hydrogen) atoms. The first-order chi connectivity index (χ1) is 13.0. The highest BCUT2D eigenvalue weighted by Gasteiger charge is 2.26. The molecule has 0 spiro atoms. The maximum atomic E-state index is 13.0. The van der Waals surface area contributed by atoms with Crippen molar-refractivity contribution in [2.45, 2.75) is 18.7 Å². The third kappa shape index (κ3) is 3.23. The van der Waals surface area contributed by atoms with Gasteiger partial charge in [-0.3, -0.25) is 4.72 Å². The molecule has 0 saturated heterocycles. The van der Waals surface area contributed by atoms with Crippen LogP contribution in [0, 0.1) is 13.8 Å². The highest BCUT2D eigenvalue weighted by atomic mass is 32.2. The number of hydrogen-bond donors (Lipinski definition) is 1. The summed E-state index contributed by atoms with van der Waals surface area (Å²) in [6.07, 6.45) is 0. The molecule has 0 bridgehead atoms. The van der Waals surface area contributed by atoms with Crippen molar-refractivity contribution >= 4 is 15.7 Å². The summed E-state index contributed by atoms with van der Waals surface area (Å²) >= 11 is 0. The minimum Gasteiger partial charge on any atom is -0.486 e. The molecule has 0 amide bonds. The van der Waals surface area contributed by atoms with Crippen LogP contribution >= 0.6 is 0 Å². The molecule has 8 heteroatoms. The Morgan fingerprint density at radius 3 is 2.44 bits per heavy atom. The van der Waals surface area contributed by atoms with Crippen molar-refractivity contribution in [3.63, 3.8) is 0 Å². The second-order valence-electron chi connectivity index (χ2n) is 6.21. The Morgan fingerprint density at radius 1 is 1.00 bits per heavy atom. The second kappa shape index (κ2) is 6.62. The van der Waals surface area contributed by atoms with E-state index in [-0.39, 0.29) is 4.90 Å². The number of benzene rings is 2. The molecular weight excluding hydrogens is 366 g/mol. The monoisotopic (exact) mass is 385 g/mol. The second-order valence-corrected chi connectivity index (χ2v) is 7.83. The molecule has 0 aliphatic carbocycles. The van der Waals surface area contributed by atoms with E-state index in [1.54, 1.807) is 36.7 Å². The fourth-order valence-electron chi connectivity index (χ4n) is 3.15. The number of ether oxygens (including phenoxy) is 2. The Labute approximate surface area is 157 Å². The zero-order chi connectivity index (χ0) is 19.0. The molecule has 4 rings (SSSR count). The van der Waals surface area contributed by atoms with Crippen molar-refractivity contribution in [3.05, 3.63) is 59.9 Å². The van der Waals surface area contributed by atoms with E-state index in [0.717, 1.165) is 5.69 Å². The van der Waals surface area contributed by atoms with E-state index < -0.39 is 10.0 Å². The Kier molecular flexibility index (Phi) is 4.27. The zero-order valence-electron chi connectivity index (χ0n) is 15.0. The number of aromatic nitrogens is 2. The van der Waals surface area contributed by atoms with Crippen LogP contribution in [-0.4, -0.2) is 31.4 Å².